The summed E-state index contributed by atoms with van der Waals surface area (Å²) in [5.41, 5.74) is 2.44. The van der Waals surface area contributed by atoms with Crippen molar-refractivity contribution in [2.45, 2.75) is 18.6 Å². The molecule has 2 N–H and O–H groups in total. The van der Waals surface area contributed by atoms with Crippen LogP contribution in [0.2, 0.25) is 0 Å². The van der Waals surface area contributed by atoms with Crippen molar-refractivity contribution < 1.29 is 4.74 Å². The molecule has 0 spiro atoms. The molecule has 0 aliphatic rings. The van der Waals surface area contributed by atoms with Gasteiger partial charge in [0.25, 0.3) is 5.56 Å². The third-order valence-corrected chi connectivity index (χ3v) is 5.11. The lowest BCUT2D eigenvalue weighted by Crippen LogP contribution is -2.17. The molecule has 28 heavy (non-hydrogen) atoms. The highest BCUT2D eigenvalue weighted by Gasteiger charge is 2.05. The number of hydrogen-bond acceptors (Lipinski definition) is 7. The van der Waals surface area contributed by atoms with Gasteiger partial charge in [-0.25, -0.2) is 4.98 Å². The minimum Gasteiger partial charge on any atom is -0.495 e. The summed E-state index contributed by atoms with van der Waals surface area (Å²) in [6.07, 6.45) is 8.33. The molecule has 0 saturated carbocycles. The topological polar surface area (TPSA) is 92.8 Å². The maximum absolute atomic E-state index is 12.2. The van der Waals surface area contributed by atoms with Crippen molar-refractivity contribution in [3.8, 4) is 5.75 Å². The van der Waals surface area contributed by atoms with Gasteiger partial charge in [0, 0.05) is 49.1 Å². The zero-order chi connectivity index (χ0) is 19.6. The van der Waals surface area contributed by atoms with Crippen LogP contribution < -0.4 is 15.6 Å². The third kappa shape index (κ3) is 5.82. The highest BCUT2D eigenvalue weighted by molar-refractivity contribution is 7.98. The molecule has 0 aliphatic heterocycles. The summed E-state index contributed by atoms with van der Waals surface area (Å²) in [6.45, 7) is 0.733. The predicted molar refractivity (Wildman–Crippen MR) is 112 cm³/mol. The van der Waals surface area contributed by atoms with E-state index in [1.807, 2.05) is 24.3 Å². The molecule has 0 saturated heterocycles. The molecule has 0 aliphatic carbocycles. The lowest BCUT2D eigenvalue weighted by molar-refractivity contribution is 0.409. The number of pyridine rings is 2. The van der Waals surface area contributed by atoms with Crippen molar-refractivity contribution in [3.05, 3.63) is 76.2 Å². The van der Waals surface area contributed by atoms with Crippen LogP contribution in [0.15, 0.2) is 53.8 Å². The first-order valence-corrected chi connectivity index (χ1v) is 10.2. The Morgan fingerprint density at radius 3 is 2.86 bits per heavy atom. The molecule has 0 aromatic carbocycles. The van der Waals surface area contributed by atoms with Gasteiger partial charge >= 0.3 is 0 Å². The second kappa shape index (κ2) is 10.5. The second-order valence-corrected chi connectivity index (χ2v) is 7.21. The van der Waals surface area contributed by atoms with Crippen molar-refractivity contribution in [1.82, 2.24) is 19.9 Å². The number of nitrogens with zero attached hydrogens (tertiary/aromatic N) is 3. The summed E-state index contributed by atoms with van der Waals surface area (Å²) in [5.74, 6) is 3.09. The minimum atomic E-state index is -0.127. The minimum absolute atomic E-state index is 0.127. The van der Waals surface area contributed by atoms with Gasteiger partial charge in [0.15, 0.2) is 0 Å². The number of rotatable bonds is 10. The summed E-state index contributed by atoms with van der Waals surface area (Å²) in [4.78, 5) is 27.7. The number of anilines is 1. The van der Waals surface area contributed by atoms with Gasteiger partial charge in [-0.15, -0.1) is 0 Å². The van der Waals surface area contributed by atoms with E-state index in [4.69, 9.17) is 4.74 Å². The first kappa shape index (κ1) is 19.9. The average Bonchev–Trinajstić information content (AvgIpc) is 2.73. The largest absolute Gasteiger partial charge is 0.495 e. The Bertz CT molecular complexity index is 933. The smallest absolute Gasteiger partial charge is 0.255 e. The Hall–Kier alpha value is -2.87. The molecule has 3 aromatic heterocycles. The Morgan fingerprint density at radius 2 is 2.07 bits per heavy atom. The highest BCUT2D eigenvalue weighted by atomic mass is 32.2. The van der Waals surface area contributed by atoms with Crippen LogP contribution in [-0.4, -0.2) is 39.3 Å². The number of H-pyrrole nitrogens is 1. The van der Waals surface area contributed by atoms with Crippen LogP contribution in [-0.2, 0) is 12.2 Å². The standard InChI is InChI=1S/C20H23N5O2S/c1-27-18-6-3-8-22-17(18)14-28-10-4-9-23-20-24-13-16(19(26)25-20)11-15-5-2-7-21-12-15/h2-3,5-8,12-13H,4,9-11,14H2,1H3,(H2,23,24,25,26). The van der Waals surface area contributed by atoms with Crippen LogP contribution >= 0.6 is 11.8 Å². The zero-order valence-electron chi connectivity index (χ0n) is 15.7. The molecule has 0 fully saturated rings. The third-order valence-electron chi connectivity index (χ3n) is 4.06. The maximum atomic E-state index is 12.2. The molecule has 0 atom stereocenters. The molecule has 3 aromatic rings. The van der Waals surface area contributed by atoms with E-state index >= 15 is 0 Å². The van der Waals surface area contributed by atoms with E-state index in [1.165, 1.54) is 0 Å². The van der Waals surface area contributed by atoms with E-state index < -0.39 is 0 Å². The fourth-order valence-electron chi connectivity index (χ4n) is 2.63. The quantitative estimate of drug-likeness (QED) is 0.508. The van der Waals surface area contributed by atoms with Crippen LogP contribution in [0.25, 0.3) is 0 Å². The summed E-state index contributed by atoms with van der Waals surface area (Å²) in [7, 11) is 1.66. The molecule has 8 heteroatoms. The number of thioether (sulfide) groups is 1. The average molecular weight is 398 g/mol. The normalized spacial score (nSPS) is 10.6. The number of nitrogens with one attached hydrogen (secondary N) is 2. The molecule has 146 valence electrons. The van der Waals surface area contributed by atoms with Gasteiger partial charge in [-0.1, -0.05) is 6.07 Å². The molecular weight excluding hydrogens is 374 g/mol. The number of hydrogen-bond donors (Lipinski definition) is 2. The van der Waals surface area contributed by atoms with E-state index in [0.29, 0.717) is 17.9 Å². The monoisotopic (exact) mass is 397 g/mol. The lowest BCUT2D eigenvalue weighted by Gasteiger charge is -2.08. The van der Waals surface area contributed by atoms with Crippen LogP contribution in [0.3, 0.4) is 0 Å². The van der Waals surface area contributed by atoms with Gasteiger partial charge in [0.2, 0.25) is 5.95 Å². The number of aromatic amines is 1. The van der Waals surface area contributed by atoms with E-state index in [2.05, 4.69) is 25.3 Å². The molecule has 0 bridgehead atoms. The molecular formula is C20H23N5O2S. The molecule has 3 heterocycles. The van der Waals surface area contributed by atoms with E-state index in [-0.39, 0.29) is 5.56 Å². The number of ether oxygens (including phenoxy) is 1. The molecule has 0 amide bonds. The van der Waals surface area contributed by atoms with Crippen LogP contribution in [0.1, 0.15) is 23.2 Å². The van der Waals surface area contributed by atoms with Gasteiger partial charge in [-0.05, 0) is 35.9 Å². The van der Waals surface area contributed by atoms with E-state index in [1.54, 1.807) is 43.7 Å². The highest BCUT2D eigenvalue weighted by Crippen LogP contribution is 2.20. The zero-order valence-corrected chi connectivity index (χ0v) is 16.5. The summed E-state index contributed by atoms with van der Waals surface area (Å²) >= 11 is 1.80. The van der Waals surface area contributed by atoms with Crippen LogP contribution in [0, 0.1) is 0 Å². The van der Waals surface area contributed by atoms with Gasteiger partial charge in [-0.3, -0.25) is 19.7 Å². The van der Waals surface area contributed by atoms with Crippen molar-refractivity contribution in [3.63, 3.8) is 0 Å². The first-order chi connectivity index (χ1) is 13.8. The SMILES string of the molecule is COc1cccnc1CSCCCNc1ncc(Cc2cccnc2)c(=O)[nH]1. The summed E-state index contributed by atoms with van der Waals surface area (Å²) < 4.78 is 5.31. The van der Waals surface area contributed by atoms with E-state index in [9.17, 15) is 4.79 Å². The molecule has 0 radical (unpaired) electrons. The van der Waals surface area contributed by atoms with Crippen molar-refractivity contribution in [2.24, 2.45) is 0 Å². The molecule has 3 rings (SSSR count). The fourth-order valence-corrected chi connectivity index (χ4v) is 3.53. The fraction of sp³-hybridized carbons (Fsp3) is 0.300. The van der Waals surface area contributed by atoms with Crippen molar-refractivity contribution in [2.75, 3.05) is 24.7 Å². The van der Waals surface area contributed by atoms with Crippen LogP contribution in [0.4, 0.5) is 5.95 Å². The van der Waals surface area contributed by atoms with E-state index in [0.717, 1.165) is 41.5 Å². The molecule has 0 unspecified atom stereocenters. The Morgan fingerprint density at radius 1 is 1.18 bits per heavy atom. The van der Waals surface area contributed by atoms with Gasteiger partial charge in [0.1, 0.15) is 5.75 Å². The maximum Gasteiger partial charge on any atom is 0.255 e. The van der Waals surface area contributed by atoms with Crippen molar-refractivity contribution in [1.29, 1.82) is 0 Å². The first-order valence-electron chi connectivity index (χ1n) is 9.03. The van der Waals surface area contributed by atoms with Gasteiger partial charge in [0.05, 0.1) is 12.8 Å². The van der Waals surface area contributed by atoms with Crippen molar-refractivity contribution >= 4 is 17.7 Å². The Balaban J connectivity index is 1.40. The number of methoxy groups -OCH3 is 1. The van der Waals surface area contributed by atoms with Gasteiger partial charge < -0.3 is 10.1 Å². The number of aromatic nitrogens is 4. The predicted octanol–water partition coefficient (Wildman–Crippen LogP) is 2.89. The van der Waals surface area contributed by atoms with Crippen LogP contribution in [0.5, 0.6) is 5.75 Å². The summed E-state index contributed by atoms with van der Waals surface area (Å²) in [5, 5.41) is 3.17. The Kier molecular flexibility index (Phi) is 7.43. The van der Waals surface area contributed by atoms with Gasteiger partial charge in [-0.2, -0.15) is 11.8 Å². The molecule has 7 nitrogen and oxygen atoms in total. The second-order valence-electron chi connectivity index (χ2n) is 6.11. The Labute approximate surface area is 168 Å². The lowest BCUT2D eigenvalue weighted by atomic mass is 10.1. The summed E-state index contributed by atoms with van der Waals surface area (Å²) in [6, 6.07) is 7.59.